The predicted octanol–water partition coefficient (Wildman–Crippen LogP) is 3.87. The van der Waals surface area contributed by atoms with Crippen molar-refractivity contribution in [2.24, 2.45) is 5.92 Å². The van der Waals surface area contributed by atoms with Gasteiger partial charge in [-0.2, -0.15) is 0 Å². The summed E-state index contributed by atoms with van der Waals surface area (Å²) < 4.78 is 0. The van der Waals surface area contributed by atoms with Crippen LogP contribution in [0.4, 0.5) is 4.79 Å². The van der Waals surface area contributed by atoms with Crippen LogP contribution in [0.1, 0.15) is 38.3 Å². The summed E-state index contributed by atoms with van der Waals surface area (Å²) in [6, 6.07) is 3.74. The molecule has 3 amide bonds. The number of imide groups is 1. The molecule has 7 heteroatoms. The number of hydrogen-bond donors (Lipinski definition) is 1. The molecule has 3 heterocycles. The predicted molar refractivity (Wildman–Crippen MR) is 94.9 cm³/mol. The normalized spacial score (nSPS) is 27.0. The van der Waals surface area contributed by atoms with Gasteiger partial charge in [-0.15, -0.1) is 22.7 Å². The highest BCUT2D eigenvalue weighted by Crippen LogP contribution is 2.38. The van der Waals surface area contributed by atoms with Crippen LogP contribution in [0.2, 0.25) is 0 Å². The smallest absolute Gasteiger partial charge is 0.323 e. The molecule has 0 radical (unpaired) electrons. The molecule has 1 saturated carbocycles. The lowest BCUT2D eigenvalue weighted by atomic mass is 9.73. The zero-order valence-corrected chi connectivity index (χ0v) is 15.1. The first-order valence-corrected chi connectivity index (χ1v) is 9.98. The molecule has 0 aromatic carbocycles. The molecule has 1 saturated heterocycles. The third-order valence-electron chi connectivity index (χ3n) is 5.11. The Morgan fingerprint density at radius 2 is 2.25 bits per heavy atom. The first-order valence-electron chi connectivity index (χ1n) is 8.22. The van der Waals surface area contributed by atoms with Gasteiger partial charge in [0.1, 0.15) is 10.5 Å². The number of carbonyl (C=O) groups is 2. The molecule has 2 aromatic rings. The van der Waals surface area contributed by atoms with Gasteiger partial charge >= 0.3 is 6.03 Å². The number of thiophene rings is 1. The quantitative estimate of drug-likeness (QED) is 0.844. The standard InChI is InChI=1S/C17H19N3O2S2/c1-11-5-2-3-7-17(11)15(21)20(16(22)19-17)9-12-10-24-14(18-12)13-6-4-8-23-13/h4,6,8,10-11H,2-3,5,7,9H2,1H3,(H,19,22)/t11-,17-/m0/s1. The Balaban J connectivity index is 1.55. The van der Waals surface area contributed by atoms with Crippen LogP contribution in [0.5, 0.6) is 0 Å². The molecule has 0 bridgehead atoms. The minimum atomic E-state index is -0.693. The fraction of sp³-hybridized carbons (Fsp3) is 0.471. The summed E-state index contributed by atoms with van der Waals surface area (Å²) in [4.78, 5) is 32.4. The maximum absolute atomic E-state index is 13.0. The molecule has 5 nitrogen and oxygen atoms in total. The van der Waals surface area contributed by atoms with E-state index in [-0.39, 0.29) is 24.4 Å². The SMILES string of the molecule is C[C@H]1CCCC[C@]12NC(=O)N(Cc1csc(-c3cccs3)n1)C2=O. The lowest BCUT2D eigenvalue weighted by Crippen LogP contribution is -2.53. The first kappa shape index (κ1) is 15.8. The van der Waals surface area contributed by atoms with Gasteiger partial charge in [0.2, 0.25) is 0 Å². The minimum Gasteiger partial charge on any atom is -0.323 e. The van der Waals surface area contributed by atoms with Crippen LogP contribution in [0.15, 0.2) is 22.9 Å². The number of nitrogens with zero attached hydrogens (tertiary/aromatic N) is 2. The van der Waals surface area contributed by atoms with E-state index in [4.69, 9.17) is 0 Å². The first-order chi connectivity index (χ1) is 11.6. The van der Waals surface area contributed by atoms with E-state index >= 15 is 0 Å². The third kappa shape index (κ3) is 2.46. The van der Waals surface area contributed by atoms with Crippen molar-refractivity contribution < 1.29 is 9.59 Å². The van der Waals surface area contributed by atoms with Crippen molar-refractivity contribution in [2.45, 2.75) is 44.7 Å². The van der Waals surface area contributed by atoms with E-state index in [1.165, 1.54) is 4.90 Å². The Bertz CT molecular complexity index is 771. The molecule has 2 aliphatic rings. The summed E-state index contributed by atoms with van der Waals surface area (Å²) >= 11 is 3.19. The molecular weight excluding hydrogens is 342 g/mol. The van der Waals surface area contributed by atoms with Gasteiger partial charge in [0.15, 0.2) is 0 Å². The van der Waals surface area contributed by atoms with Crippen LogP contribution < -0.4 is 5.32 Å². The summed E-state index contributed by atoms with van der Waals surface area (Å²) in [6.45, 7) is 2.32. The number of nitrogens with one attached hydrogen (secondary N) is 1. The van der Waals surface area contributed by atoms with Crippen molar-refractivity contribution >= 4 is 34.6 Å². The van der Waals surface area contributed by atoms with E-state index in [2.05, 4.69) is 17.2 Å². The average molecular weight is 361 g/mol. The van der Waals surface area contributed by atoms with Gasteiger partial charge in [-0.3, -0.25) is 9.69 Å². The van der Waals surface area contributed by atoms with Crippen LogP contribution >= 0.6 is 22.7 Å². The maximum atomic E-state index is 13.0. The minimum absolute atomic E-state index is 0.0784. The van der Waals surface area contributed by atoms with Crippen molar-refractivity contribution in [3.05, 3.63) is 28.6 Å². The van der Waals surface area contributed by atoms with Gasteiger partial charge in [0.05, 0.1) is 17.1 Å². The summed E-state index contributed by atoms with van der Waals surface area (Å²) in [5.74, 6) is 0.107. The Kier molecular flexibility index (Phi) is 3.92. The van der Waals surface area contributed by atoms with Crippen molar-refractivity contribution in [2.75, 3.05) is 0 Å². The second-order valence-electron chi connectivity index (χ2n) is 6.56. The number of aromatic nitrogens is 1. The van der Waals surface area contributed by atoms with Crippen molar-refractivity contribution in [1.82, 2.24) is 15.2 Å². The molecule has 126 valence electrons. The molecule has 2 atom stereocenters. The topological polar surface area (TPSA) is 62.3 Å². The van der Waals surface area contributed by atoms with Gasteiger partial charge in [-0.1, -0.05) is 25.8 Å². The van der Waals surface area contributed by atoms with Gasteiger partial charge in [0.25, 0.3) is 5.91 Å². The Morgan fingerprint density at radius 1 is 1.38 bits per heavy atom. The maximum Gasteiger partial charge on any atom is 0.325 e. The van der Waals surface area contributed by atoms with Gasteiger partial charge in [0, 0.05) is 5.38 Å². The zero-order valence-electron chi connectivity index (χ0n) is 13.4. The number of carbonyl (C=O) groups excluding carboxylic acids is 2. The van der Waals surface area contributed by atoms with Crippen molar-refractivity contribution in [3.8, 4) is 9.88 Å². The number of hydrogen-bond acceptors (Lipinski definition) is 5. The van der Waals surface area contributed by atoms with Gasteiger partial charge < -0.3 is 5.32 Å². The van der Waals surface area contributed by atoms with E-state index in [1.54, 1.807) is 22.7 Å². The Hall–Kier alpha value is -1.73. The van der Waals surface area contributed by atoms with Crippen LogP contribution in [0.3, 0.4) is 0 Å². The molecule has 24 heavy (non-hydrogen) atoms. The second kappa shape index (κ2) is 5.97. The van der Waals surface area contributed by atoms with Crippen LogP contribution in [0, 0.1) is 5.92 Å². The molecule has 2 aromatic heterocycles. The van der Waals surface area contributed by atoms with Gasteiger partial charge in [-0.05, 0) is 30.2 Å². The molecular formula is C17H19N3O2S2. The van der Waals surface area contributed by atoms with E-state index in [0.717, 1.165) is 41.3 Å². The van der Waals surface area contributed by atoms with Gasteiger partial charge in [-0.25, -0.2) is 9.78 Å². The van der Waals surface area contributed by atoms with E-state index in [9.17, 15) is 9.59 Å². The summed E-state index contributed by atoms with van der Waals surface area (Å²) in [7, 11) is 0. The Morgan fingerprint density at radius 3 is 3.00 bits per heavy atom. The Labute approximate surface area is 148 Å². The average Bonchev–Trinajstić information content (AvgIpc) is 3.28. The fourth-order valence-electron chi connectivity index (χ4n) is 3.69. The highest BCUT2D eigenvalue weighted by molar-refractivity contribution is 7.20. The van der Waals surface area contributed by atoms with E-state index in [0.29, 0.717) is 0 Å². The second-order valence-corrected chi connectivity index (χ2v) is 8.37. The fourth-order valence-corrected chi connectivity index (χ4v) is 5.32. The third-order valence-corrected chi connectivity index (χ3v) is 7.04. The summed E-state index contributed by atoms with van der Waals surface area (Å²) in [6.07, 6.45) is 3.84. The summed E-state index contributed by atoms with van der Waals surface area (Å²) in [5, 5.41) is 7.88. The van der Waals surface area contributed by atoms with Crippen LogP contribution in [-0.4, -0.2) is 27.4 Å². The van der Waals surface area contributed by atoms with Crippen molar-refractivity contribution in [3.63, 3.8) is 0 Å². The zero-order chi connectivity index (χ0) is 16.7. The lowest BCUT2D eigenvalue weighted by molar-refractivity contribution is -0.134. The molecule has 1 aliphatic carbocycles. The van der Waals surface area contributed by atoms with Crippen LogP contribution in [-0.2, 0) is 11.3 Å². The van der Waals surface area contributed by atoms with Crippen LogP contribution in [0.25, 0.3) is 9.88 Å². The lowest BCUT2D eigenvalue weighted by Gasteiger charge is -2.36. The molecule has 1 spiro atoms. The molecule has 2 fully saturated rings. The van der Waals surface area contributed by atoms with E-state index < -0.39 is 5.54 Å². The molecule has 1 aliphatic heterocycles. The molecule has 4 rings (SSSR count). The number of rotatable bonds is 3. The number of urea groups is 1. The number of thiazole rings is 1. The highest BCUT2D eigenvalue weighted by Gasteiger charge is 2.54. The molecule has 0 unspecified atom stereocenters. The summed E-state index contributed by atoms with van der Waals surface area (Å²) in [5.41, 5.74) is 0.0782. The largest absolute Gasteiger partial charge is 0.325 e. The van der Waals surface area contributed by atoms with E-state index in [1.807, 2.05) is 22.9 Å². The van der Waals surface area contributed by atoms with Crippen molar-refractivity contribution in [1.29, 1.82) is 0 Å². The molecule has 1 N–H and O–H groups in total. The monoisotopic (exact) mass is 361 g/mol. The number of amides is 3. The highest BCUT2D eigenvalue weighted by atomic mass is 32.1.